The second-order valence-corrected chi connectivity index (χ2v) is 8.99. The molecule has 8 heteroatoms. The molecule has 0 radical (unpaired) electrons. The third kappa shape index (κ3) is 3.91. The standard InChI is InChI=1S/C21H23N3O4S/c1-15-6-8-16(9-7-15)28-18-14-23-21(25)17-4-2-5-19(20(17)18)29(26,27)24-12-3-10-22-11-13-24/h2,4-9,14,22H,3,10-13H2,1H3,(H,23,25). The number of nitrogens with one attached hydrogen (secondary N) is 2. The van der Waals surface area contributed by atoms with Crippen molar-refractivity contribution in [3.63, 3.8) is 0 Å². The molecule has 1 aliphatic heterocycles. The summed E-state index contributed by atoms with van der Waals surface area (Å²) in [6, 6.07) is 12.2. The van der Waals surface area contributed by atoms with Crippen molar-refractivity contribution in [2.24, 2.45) is 0 Å². The van der Waals surface area contributed by atoms with Gasteiger partial charge in [-0.15, -0.1) is 0 Å². The van der Waals surface area contributed by atoms with Gasteiger partial charge in [0.1, 0.15) is 5.75 Å². The summed E-state index contributed by atoms with van der Waals surface area (Å²) in [6.07, 6.45) is 2.16. The van der Waals surface area contributed by atoms with E-state index in [0.29, 0.717) is 36.5 Å². The molecule has 29 heavy (non-hydrogen) atoms. The van der Waals surface area contributed by atoms with E-state index in [2.05, 4.69) is 10.3 Å². The lowest BCUT2D eigenvalue weighted by atomic mass is 10.1. The highest BCUT2D eigenvalue weighted by Gasteiger charge is 2.28. The monoisotopic (exact) mass is 413 g/mol. The normalized spacial score (nSPS) is 15.9. The molecule has 0 atom stereocenters. The average Bonchev–Trinajstić information content (AvgIpc) is 3.01. The Labute approximate surface area is 169 Å². The minimum Gasteiger partial charge on any atom is -0.455 e. The molecule has 3 aromatic rings. The number of rotatable bonds is 4. The molecular formula is C21H23N3O4S. The zero-order chi connectivity index (χ0) is 20.4. The minimum absolute atomic E-state index is 0.0881. The van der Waals surface area contributed by atoms with Crippen LogP contribution in [0.5, 0.6) is 11.5 Å². The number of ether oxygens (including phenoxy) is 1. The summed E-state index contributed by atoms with van der Waals surface area (Å²) < 4.78 is 34.3. The van der Waals surface area contributed by atoms with Crippen molar-refractivity contribution in [3.05, 3.63) is 64.6 Å². The first-order valence-corrected chi connectivity index (χ1v) is 11.0. The first-order valence-electron chi connectivity index (χ1n) is 9.56. The summed E-state index contributed by atoms with van der Waals surface area (Å²) in [5.41, 5.74) is 0.729. The van der Waals surface area contributed by atoms with E-state index >= 15 is 0 Å². The summed E-state index contributed by atoms with van der Waals surface area (Å²) in [5, 5.41) is 3.79. The molecule has 0 spiro atoms. The topological polar surface area (TPSA) is 91.5 Å². The maximum Gasteiger partial charge on any atom is 0.256 e. The van der Waals surface area contributed by atoms with Crippen molar-refractivity contribution in [3.8, 4) is 11.5 Å². The Morgan fingerprint density at radius 2 is 1.83 bits per heavy atom. The lowest BCUT2D eigenvalue weighted by Crippen LogP contribution is -2.34. The molecule has 7 nitrogen and oxygen atoms in total. The van der Waals surface area contributed by atoms with Gasteiger partial charge in [0.15, 0.2) is 5.75 Å². The van der Waals surface area contributed by atoms with Crippen molar-refractivity contribution in [1.29, 1.82) is 0 Å². The number of hydrogen-bond donors (Lipinski definition) is 2. The second kappa shape index (κ2) is 7.98. The van der Waals surface area contributed by atoms with Gasteiger partial charge in [0, 0.05) is 25.8 Å². The van der Waals surface area contributed by atoms with Gasteiger partial charge in [-0.3, -0.25) is 4.79 Å². The van der Waals surface area contributed by atoms with Crippen LogP contribution in [0.2, 0.25) is 0 Å². The molecule has 1 saturated heterocycles. The number of fused-ring (bicyclic) bond motifs is 1. The van der Waals surface area contributed by atoms with Crippen molar-refractivity contribution in [2.45, 2.75) is 18.2 Å². The molecular weight excluding hydrogens is 390 g/mol. The van der Waals surface area contributed by atoms with Crippen LogP contribution in [-0.2, 0) is 10.0 Å². The molecule has 0 bridgehead atoms. The highest BCUT2D eigenvalue weighted by Crippen LogP contribution is 2.34. The van der Waals surface area contributed by atoms with E-state index in [-0.39, 0.29) is 15.8 Å². The van der Waals surface area contributed by atoms with E-state index in [4.69, 9.17) is 4.74 Å². The number of benzene rings is 2. The first-order chi connectivity index (χ1) is 14.0. The highest BCUT2D eigenvalue weighted by molar-refractivity contribution is 7.89. The summed E-state index contributed by atoms with van der Waals surface area (Å²) >= 11 is 0. The molecule has 0 unspecified atom stereocenters. The highest BCUT2D eigenvalue weighted by atomic mass is 32.2. The van der Waals surface area contributed by atoms with Gasteiger partial charge in [-0.25, -0.2) is 8.42 Å². The average molecular weight is 413 g/mol. The van der Waals surface area contributed by atoms with Crippen molar-refractivity contribution in [2.75, 3.05) is 26.2 Å². The number of sulfonamides is 1. The van der Waals surface area contributed by atoms with Gasteiger partial charge in [0.25, 0.3) is 5.56 Å². The zero-order valence-corrected chi connectivity index (χ0v) is 17.0. The summed E-state index contributed by atoms with van der Waals surface area (Å²) in [6.45, 7) is 4.17. The molecule has 0 aliphatic carbocycles. The van der Waals surface area contributed by atoms with Crippen LogP contribution in [0.4, 0.5) is 0 Å². The smallest absolute Gasteiger partial charge is 0.256 e. The number of nitrogens with zero attached hydrogens (tertiary/aromatic N) is 1. The summed E-state index contributed by atoms with van der Waals surface area (Å²) in [4.78, 5) is 15.1. The van der Waals surface area contributed by atoms with E-state index in [0.717, 1.165) is 18.5 Å². The quantitative estimate of drug-likeness (QED) is 0.686. The maximum atomic E-state index is 13.4. The van der Waals surface area contributed by atoms with Crippen LogP contribution < -0.4 is 15.6 Å². The fourth-order valence-corrected chi connectivity index (χ4v) is 5.18. The predicted octanol–water partition coefficient (Wildman–Crippen LogP) is 2.61. The van der Waals surface area contributed by atoms with Gasteiger partial charge >= 0.3 is 0 Å². The Hall–Kier alpha value is -2.68. The van der Waals surface area contributed by atoms with Crippen LogP contribution >= 0.6 is 0 Å². The lowest BCUT2D eigenvalue weighted by molar-refractivity contribution is 0.432. The Morgan fingerprint density at radius 1 is 1.03 bits per heavy atom. The SMILES string of the molecule is Cc1ccc(Oc2c[nH]c(=O)c3cccc(S(=O)(=O)N4CCCNCC4)c23)cc1. The number of H-pyrrole nitrogens is 1. The fourth-order valence-electron chi connectivity index (χ4n) is 3.48. The maximum absolute atomic E-state index is 13.4. The van der Waals surface area contributed by atoms with Gasteiger partial charge in [-0.05, 0) is 44.2 Å². The van der Waals surface area contributed by atoms with Gasteiger partial charge in [-0.1, -0.05) is 23.8 Å². The molecule has 2 N–H and O–H groups in total. The second-order valence-electron chi connectivity index (χ2n) is 7.08. The van der Waals surface area contributed by atoms with Crippen molar-refractivity contribution in [1.82, 2.24) is 14.6 Å². The van der Waals surface area contributed by atoms with Gasteiger partial charge in [-0.2, -0.15) is 4.31 Å². The van der Waals surface area contributed by atoms with E-state index in [1.165, 1.54) is 16.6 Å². The van der Waals surface area contributed by atoms with Crippen LogP contribution in [0, 0.1) is 6.92 Å². The minimum atomic E-state index is -3.79. The van der Waals surface area contributed by atoms with Crippen molar-refractivity contribution >= 4 is 20.8 Å². The molecule has 2 heterocycles. The van der Waals surface area contributed by atoms with Gasteiger partial charge in [0.2, 0.25) is 10.0 Å². The molecule has 0 amide bonds. The number of aromatic nitrogens is 1. The molecule has 1 fully saturated rings. The largest absolute Gasteiger partial charge is 0.455 e. The number of pyridine rings is 1. The number of aryl methyl sites for hydroxylation is 1. The Bertz CT molecular complexity index is 1180. The molecule has 1 aliphatic rings. The van der Waals surface area contributed by atoms with E-state index in [9.17, 15) is 13.2 Å². The third-order valence-electron chi connectivity index (χ3n) is 5.02. The van der Waals surface area contributed by atoms with Crippen LogP contribution in [0.1, 0.15) is 12.0 Å². The summed E-state index contributed by atoms with van der Waals surface area (Å²) in [7, 11) is -3.79. The van der Waals surface area contributed by atoms with Crippen molar-refractivity contribution < 1.29 is 13.2 Å². The molecule has 2 aromatic carbocycles. The zero-order valence-electron chi connectivity index (χ0n) is 16.1. The molecule has 0 saturated carbocycles. The van der Waals surface area contributed by atoms with Crippen LogP contribution in [0.15, 0.2) is 58.4 Å². The molecule has 1 aromatic heterocycles. The van der Waals surface area contributed by atoms with E-state index in [1.807, 2.05) is 31.2 Å². The van der Waals surface area contributed by atoms with Crippen LogP contribution in [0.3, 0.4) is 0 Å². The fraction of sp³-hybridized carbons (Fsp3) is 0.286. The third-order valence-corrected chi connectivity index (χ3v) is 6.96. The van der Waals surface area contributed by atoms with Crippen LogP contribution in [-0.4, -0.2) is 43.9 Å². The number of aromatic amines is 1. The van der Waals surface area contributed by atoms with E-state index in [1.54, 1.807) is 12.1 Å². The predicted molar refractivity (Wildman–Crippen MR) is 112 cm³/mol. The Balaban J connectivity index is 1.87. The Morgan fingerprint density at radius 3 is 2.62 bits per heavy atom. The van der Waals surface area contributed by atoms with Gasteiger partial charge in [0.05, 0.1) is 15.7 Å². The lowest BCUT2D eigenvalue weighted by Gasteiger charge is -2.21. The van der Waals surface area contributed by atoms with Crippen LogP contribution in [0.25, 0.3) is 10.8 Å². The summed E-state index contributed by atoms with van der Waals surface area (Å²) in [5.74, 6) is 0.866. The molecule has 4 rings (SSSR count). The molecule has 152 valence electrons. The Kier molecular flexibility index (Phi) is 5.40. The van der Waals surface area contributed by atoms with E-state index < -0.39 is 10.0 Å². The van der Waals surface area contributed by atoms with Gasteiger partial charge < -0.3 is 15.0 Å². The first kappa shape index (κ1) is 19.6. The number of hydrogen-bond acceptors (Lipinski definition) is 5.